The van der Waals surface area contributed by atoms with Gasteiger partial charge in [-0.2, -0.15) is 9.40 Å². The number of anilines is 1. The average molecular weight is 422 g/mol. The van der Waals surface area contributed by atoms with Gasteiger partial charge in [-0.3, -0.25) is 14.8 Å². The molecule has 0 bridgehead atoms. The van der Waals surface area contributed by atoms with E-state index in [1.54, 1.807) is 41.5 Å². The molecule has 1 amide bonds. The zero-order valence-electron chi connectivity index (χ0n) is 15.0. The van der Waals surface area contributed by atoms with Crippen LogP contribution in [0.5, 0.6) is 0 Å². The molecule has 3 aromatic rings. The maximum Gasteiger partial charge on any atom is 0.322 e. The minimum absolute atomic E-state index is 0.0831. The molecule has 148 valence electrons. The highest BCUT2D eigenvalue weighted by atomic mass is 32.2. The molecule has 0 radical (unpaired) electrons. The Balaban J connectivity index is 1.53. The summed E-state index contributed by atoms with van der Waals surface area (Å²) in [4.78, 5) is 12.8. The van der Waals surface area contributed by atoms with Crippen molar-refractivity contribution < 1.29 is 17.6 Å². The molecule has 1 aliphatic rings. The number of nitrogens with zero attached hydrogens (tertiary/aromatic N) is 5. The van der Waals surface area contributed by atoms with Gasteiger partial charge in [-0.25, -0.2) is 8.42 Å². The highest BCUT2D eigenvalue weighted by Gasteiger charge is 2.38. The highest BCUT2D eigenvalue weighted by molar-refractivity contribution is 7.91. The predicted molar refractivity (Wildman–Crippen MR) is 101 cm³/mol. The van der Waals surface area contributed by atoms with Crippen molar-refractivity contribution >= 4 is 33.3 Å². The maximum atomic E-state index is 12.9. The Hall–Kier alpha value is -2.57. The summed E-state index contributed by atoms with van der Waals surface area (Å²) in [6.07, 6.45) is 3.49. The number of carbonyl (C=O) groups excluding carboxylic acids is 1. The summed E-state index contributed by atoms with van der Waals surface area (Å²) in [5.41, 5.74) is 0.604. The van der Waals surface area contributed by atoms with Gasteiger partial charge in [0.15, 0.2) is 0 Å². The lowest BCUT2D eigenvalue weighted by Crippen LogP contribution is -2.49. The first-order valence-corrected chi connectivity index (χ1v) is 11.0. The minimum atomic E-state index is -3.73. The standard InChI is InChI=1S/C16H18N6O4S2/c1-21-12(7-8-17-21)15-19-20-16(26-15)18-14(23)11-5-2-3-9-22(11)28(24,25)13-6-4-10-27-13/h4,6-8,10-11H,2-3,5,9H2,1H3,(H,18,20,23). The average Bonchev–Trinajstić information content (AvgIpc) is 3.43. The van der Waals surface area contributed by atoms with Gasteiger partial charge in [-0.15, -0.1) is 16.4 Å². The summed E-state index contributed by atoms with van der Waals surface area (Å²) in [6.45, 7) is 0.294. The second-order valence-corrected chi connectivity index (χ2v) is 9.37. The van der Waals surface area contributed by atoms with Gasteiger partial charge in [0.25, 0.3) is 15.9 Å². The molecule has 1 atom stereocenters. The van der Waals surface area contributed by atoms with Gasteiger partial charge in [0.1, 0.15) is 15.9 Å². The molecule has 1 N–H and O–H groups in total. The molecule has 0 spiro atoms. The Morgan fingerprint density at radius 1 is 1.32 bits per heavy atom. The van der Waals surface area contributed by atoms with Crippen LogP contribution < -0.4 is 5.32 Å². The molecule has 4 rings (SSSR count). The Morgan fingerprint density at radius 3 is 2.89 bits per heavy atom. The molecule has 0 aromatic carbocycles. The van der Waals surface area contributed by atoms with E-state index in [2.05, 4.69) is 20.6 Å². The zero-order valence-corrected chi connectivity index (χ0v) is 16.6. The van der Waals surface area contributed by atoms with Crippen molar-refractivity contribution in [1.29, 1.82) is 0 Å². The Bertz CT molecular complexity index is 1070. The lowest BCUT2D eigenvalue weighted by molar-refractivity contribution is -0.120. The van der Waals surface area contributed by atoms with Crippen LogP contribution in [0, 0.1) is 0 Å². The van der Waals surface area contributed by atoms with Crippen LogP contribution in [0.2, 0.25) is 0 Å². The van der Waals surface area contributed by atoms with Crippen LogP contribution in [0.3, 0.4) is 0 Å². The summed E-state index contributed by atoms with van der Waals surface area (Å²) in [6, 6.07) is 4.01. The van der Waals surface area contributed by atoms with Gasteiger partial charge in [0, 0.05) is 19.8 Å². The Kier molecular flexibility index (Phi) is 5.00. The first-order valence-electron chi connectivity index (χ1n) is 8.65. The molecule has 0 aliphatic carbocycles. The lowest BCUT2D eigenvalue weighted by Gasteiger charge is -2.32. The van der Waals surface area contributed by atoms with Crippen LogP contribution in [0.25, 0.3) is 11.6 Å². The second kappa shape index (κ2) is 7.45. The van der Waals surface area contributed by atoms with Crippen molar-refractivity contribution in [2.75, 3.05) is 11.9 Å². The van der Waals surface area contributed by atoms with Crippen molar-refractivity contribution in [2.45, 2.75) is 29.5 Å². The summed E-state index contributed by atoms with van der Waals surface area (Å²) in [5, 5.41) is 16.0. The molecule has 1 saturated heterocycles. The molecule has 12 heteroatoms. The highest BCUT2D eigenvalue weighted by Crippen LogP contribution is 2.28. The molecule has 1 aliphatic heterocycles. The number of amides is 1. The molecule has 1 fully saturated rings. The summed E-state index contributed by atoms with van der Waals surface area (Å²) in [7, 11) is -2.00. The summed E-state index contributed by atoms with van der Waals surface area (Å²) >= 11 is 1.13. The van der Waals surface area contributed by atoms with E-state index in [1.165, 1.54) is 4.31 Å². The van der Waals surface area contributed by atoms with Crippen molar-refractivity contribution in [2.24, 2.45) is 7.05 Å². The van der Waals surface area contributed by atoms with Crippen LogP contribution in [0.1, 0.15) is 19.3 Å². The van der Waals surface area contributed by atoms with Crippen LogP contribution in [-0.4, -0.2) is 51.2 Å². The number of thiophene rings is 1. The monoisotopic (exact) mass is 422 g/mol. The number of nitrogens with one attached hydrogen (secondary N) is 1. The normalized spacial score (nSPS) is 18.2. The van der Waals surface area contributed by atoms with Crippen molar-refractivity contribution in [3.8, 4) is 11.6 Å². The van der Waals surface area contributed by atoms with Gasteiger partial charge in [-0.1, -0.05) is 17.6 Å². The molecule has 4 heterocycles. The minimum Gasteiger partial charge on any atom is -0.401 e. The van der Waals surface area contributed by atoms with Gasteiger partial charge < -0.3 is 4.42 Å². The van der Waals surface area contributed by atoms with E-state index in [-0.39, 0.29) is 16.1 Å². The van der Waals surface area contributed by atoms with E-state index in [4.69, 9.17) is 4.42 Å². The number of sulfonamides is 1. The van der Waals surface area contributed by atoms with E-state index in [1.807, 2.05) is 0 Å². The number of rotatable bonds is 5. The third-order valence-electron chi connectivity index (χ3n) is 4.51. The van der Waals surface area contributed by atoms with Crippen LogP contribution >= 0.6 is 11.3 Å². The maximum absolute atomic E-state index is 12.9. The first kappa shape index (κ1) is 18.8. The van der Waals surface area contributed by atoms with Crippen LogP contribution in [-0.2, 0) is 21.9 Å². The van der Waals surface area contributed by atoms with E-state index in [0.29, 0.717) is 25.1 Å². The molecule has 3 aromatic heterocycles. The van der Waals surface area contributed by atoms with Crippen LogP contribution in [0.15, 0.2) is 38.4 Å². The molecule has 0 saturated carbocycles. The number of piperidine rings is 1. The number of hydrogen-bond donors (Lipinski definition) is 1. The van der Waals surface area contributed by atoms with E-state index < -0.39 is 22.0 Å². The third-order valence-corrected chi connectivity index (χ3v) is 7.79. The smallest absolute Gasteiger partial charge is 0.322 e. The second-order valence-electron chi connectivity index (χ2n) is 6.30. The molecule has 28 heavy (non-hydrogen) atoms. The summed E-state index contributed by atoms with van der Waals surface area (Å²) < 4.78 is 34.3. The fourth-order valence-electron chi connectivity index (χ4n) is 3.13. The third kappa shape index (κ3) is 3.45. The van der Waals surface area contributed by atoms with Crippen molar-refractivity contribution in [3.63, 3.8) is 0 Å². The van der Waals surface area contributed by atoms with Gasteiger partial charge >= 0.3 is 6.01 Å². The fourth-order valence-corrected chi connectivity index (χ4v) is 5.91. The van der Waals surface area contributed by atoms with Crippen LogP contribution in [0.4, 0.5) is 6.01 Å². The predicted octanol–water partition coefficient (Wildman–Crippen LogP) is 1.71. The van der Waals surface area contributed by atoms with Gasteiger partial charge in [0.2, 0.25) is 5.91 Å². The SMILES string of the molecule is Cn1nccc1-c1nnc(NC(=O)C2CCCCN2S(=O)(=O)c2cccs2)o1. The number of aryl methyl sites for hydroxylation is 1. The Labute approximate surface area is 165 Å². The number of hydrogen-bond acceptors (Lipinski definition) is 8. The molecule has 10 nitrogen and oxygen atoms in total. The van der Waals surface area contributed by atoms with Gasteiger partial charge in [0.05, 0.1) is 0 Å². The first-order chi connectivity index (χ1) is 13.5. The number of aromatic nitrogens is 4. The van der Waals surface area contributed by atoms with E-state index >= 15 is 0 Å². The Morgan fingerprint density at radius 2 is 2.18 bits per heavy atom. The van der Waals surface area contributed by atoms with E-state index in [9.17, 15) is 13.2 Å². The number of carbonyl (C=O) groups is 1. The summed E-state index contributed by atoms with van der Waals surface area (Å²) in [5.74, 6) is -0.276. The van der Waals surface area contributed by atoms with Gasteiger partial charge in [-0.05, 0) is 30.4 Å². The molecule has 1 unspecified atom stereocenters. The zero-order chi connectivity index (χ0) is 19.7. The van der Waals surface area contributed by atoms with E-state index in [0.717, 1.165) is 17.8 Å². The molecular formula is C16H18N6O4S2. The molecular weight excluding hydrogens is 404 g/mol. The lowest BCUT2D eigenvalue weighted by atomic mass is 10.0. The topological polar surface area (TPSA) is 123 Å². The quantitative estimate of drug-likeness (QED) is 0.664. The van der Waals surface area contributed by atoms with Crippen molar-refractivity contribution in [1.82, 2.24) is 24.3 Å². The fraction of sp³-hybridized carbons (Fsp3) is 0.375. The van der Waals surface area contributed by atoms with Crippen molar-refractivity contribution in [3.05, 3.63) is 29.8 Å². The largest absolute Gasteiger partial charge is 0.401 e.